The molecule has 3 N–H and O–H groups in total. The number of hydrogen-bond acceptors (Lipinski definition) is 3. The minimum absolute atomic E-state index is 0.0447. The third-order valence-corrected chi connectivity index (χ3v) is 4.85. The molecule has 0 aromatic heterocycles. The molecule has 0 spiro atoms. The molecule has 2 atom stereocenters. The molecule has 3 amide bonds. The van der Waals surface area contributed by atoms with Gasteiger partial charge in [0.2, 0.25) is 5.91 Å². The van der Waals surface area contributed by atoms with Crippen molar-refractivity contribution in [2.45, 2.75) is 76.0 Å². The zero-order valence-electron chi connectivity index (χ0n) is 13.6. The summed E-state index contributed by atoms with van der Waals surface area (Å²) in [6.45, 7) is 0.444. The fourth-order valence-corrected chi connectivity index (χ4v) is 3.38. The molecular formula is C16H29N3O3. The van der Waals surface area contributed by atoms with Gasteiger partial charge < -0.3 is 20.7 Å². The molecule has 2 rings (SSSR count). The molecule has 0 unspecified atom stereocenters. The maximum absolute atomic E-state index is 12.3. The van der Waals surface area contributed by atoms with Crippen molar-refractivity contribution in [1.82, 2.24) is 10.2 Å². The van der Waals surface area contributed by atoms with Crippen molar-refractivity contribution >= 4 is 11.9 Å². The Labute approximate surface area is 132 Å². The molecule has 1 aliphatic heterocycles. The highest BCUT2D eigenvalue weighted by Crippen LogP contribution is 2.21. The number of nitrogens with one attached hydrogen (secondary N) is 1. The number of carbonyl (C=O) groups excluding carboxylic acids is 2. The third kappa shape index (κ3) is 4.87. The van der Waals surface area contributed by atoms with Crippen molar-refractivity contribution < 1.29 is 14.3 Å². The zero-order valence-corrected chi connectivity index (χ0v) is 13.6. The Kier molecular flexibility index (Phi) is 6.49. The minimum atomic E-state index is -0.495. The normalized spacial score (nSPS) is 27.0. The van der Waals surface area contributed by atoms with Crippen LogP contribution in [0, 0.1) is 0 Å². The van der Waals surface area contributed by atoms with Crippen molar-refractivity contribution in [2.24, 2.45) is 5.73 Å². The molecule has 6 nitrogen and oxygen atoms in total. The van der Waals surface area contributed by atoms with Crippen LogP contribution in [-0.4, -0.2) is 48.7 Å². The largest absolute Gasteiger partial charge is 0.367 e. The number of amides is 3. The summed E-state index contributed by atoms with van der Waals surface area (Å²) in [7, 11) is 1.88. The highest BCUT2D eigenvalue weighted by Gasteiger charge is 2.29. The lowest BCUT2D eigenvalue weighted by Gasteiger charge is -2.30. The molecular weight excluding hydrogens is 282 g/mol. The summed E-state index contributed by atoms with van der Waals surface area (Å²) < 4.78 is 5.53. The fraction of sp³-hybridized carbons (Fsp3) is 0.875. The first kappa shape index (κ1) is 17.1. The number of nitrogens with two attached hydrogens (primary N) is 1. The highest BCUT2D eigenvalue weighted by molar-refractivity contribution is 5.79. The predicted molar refractivity (Wildman–Crippen MR) is 84.4 cm³/mol. The Morgan fingerprint density at radius 1 is 1.09 bits per heavy atom. The molecule has 1 aliphatic carbocycles. The van der Waals surface area contributed by atoms with Crippen LogP contribution in [0.2, 0.25) is 0 Å². The van der Waals surface area contributed by atoms with Crippen LogP contribution < -0.4 is 11.1 Å². The van der Waals surface area contributed by atoms with Crippen molar-refractivity contribution in [3.8, 4) is 0 Å². The Hall–Kier alpha value is -1.30. The number of primary amides is 1. The molecule has 1 saturated carbocycles. The second-order valence-corrected chi connectivity index (χ2v) is 6.52. The topological polar surface area (TPSA) is 84.7 Å². The Bertz CT molecular complexity index is 381. The van der Waals surface area contributed by atoms with E-state index in [1.54, 1.807) is 0 Å². The van der Waals surface area contributed by atoms with Gasteiger partial charge in [-0.15, -0.1) is 0 Å². The highest BCUT2D eigenvalue weighted by atomic mass is 16.5. The lowest BCUT2D eigenvalue weighted by Crippen LogP contribution is -2.46. The summed E-state index contributed by atoms with van der Waals surface area (Å²) in [6.07, 6.45) is 9.27. The van der Waals surface area contributed by atoms with Crippen molar-refractivity contribution in [2.75, 3.05) is 13.6 Å². The van der Waals surface area contributed by atoms with Gasteiger partial charge in [0.15, 0.2) is 0 Å². The van der Waals surface area contributed by atoms with Gasteiger partial charge in [-0.25, -0.2) is 4.79 Å². The molecule has 0 radical (unpaired) electrons. The summed E-state index contributed by atoms with van der Waals surface area (Å²) in [5, 5.41) is 2.93. The van der Waals surface area contributed by atoms with E-state index in [9.17, 15) is 9.59 Å². The molecule has 2 fully saturated rings. The van der Waals surface area contributed by atoms with Gasteiger partial charge in [0.1, 0.15) is 6.10 Å². The van der Waals surface area contributed by atoms with Crippen molar-refractivity contribution in [3.05, 3.63) is 0 Å². The molecule has 22 heavy (non-hydrogen) atoms. The van der Waals surface area contributed by atoms with E-state index in [0.717, 1.165) is 19.3 Å². The Morgan fingerprint density at radius 2 is 1.73 bits per heavy atom. The summed E-state index contributed by atoms with van der Waals surface area (Å²) in [4.78, 5) is 25.2. The van der Waals surface area contributed by atoms with Crippen LogP contribution >= 0.6 is 0 Å². The van der Waals surface area contributed by atoms with E-state index in [-0.39, 0.29) is 12.1 Å². The molecule has 0 aromatic rings. The van der Waals surface area contributed by atoms with Crippen molar-refractivity contribution in [1.29, 1.82) is 0 Å². The minimum Gasteiger partial charge on any atom is -0.367 e. The van der Waals surface area contributed by atoms with Gasteiger partial charge in [-0.1, -0.05) is 32.1 Å². The standard InChI is InChI=1S/C16H29N3O3/c1-19(12-7-5-3-2-4-6-8-12)16(21)18-11-13-9-10-14(22-13)15(17)20/h12-14H,2-11H2,1H3,(H2,17,20)(H,18,21)/t13-,14+/m1/s1. The summed E-state index contributed by atoms with van der Waals surface area (Å²) in [5.41, 5.74) is 5.23. The first-order valence-electron chi connectivity index (χ1n) is 8.53. The summed E-state index contributed by atoms with van der Waals surface area (Å²) in [5.74, 6) is -0.416. The molecule has 0 aromatic carbocycles. The average molecular weight is 311 g/mol. The number of carbonyl (C=O) groups is 2. The van der Waals surface area contributed by atoms with Gasteiger partial charge in [-0.05, 0) is 25.7 Å². The Balaban J connectivity index is 1.73. The van der Waals surface area contributed by atoms with Crippen LogP contribution in [0.1, 0.15) is 57.8 Å². The Morgan fingerprint density at radius 3 is 2.32 bits per heavy atom. The van der Waals surface area contributed by atoms with Crippen LogP contribution in [0.3, 0.4) is 0 Å². The van der Waals surface area contributed by atoms with Gasteiger partial charge in [0.25, 0.3) is 0 Å². The molecule has 1 saturated heterocycles. The van der Waals surface area contributed by atoms with Crippen LogP contribution in [0.15, 0.2) is 0 Å². The number of ether oxygens (including phenoxy) is 1. The van der Waals surface area contributed by atoms with Gasteiger partial charge in [0.05, 0.1) is 6.10 Å². The van der Waals surface area contributed by atoms with Crippen LogP contribution in [0.5, 0.6) is 0 Å². The number of rotatable bonds is 4. The molecule has 0 bridgehead atoms. The van der Waals surface area contributed by atoms with Crippen molar-refractivity contribution in [3.63, 3.8) is 0 Å². The lowest BCUT2D eigenvalue weighted by molar-refractivity contribution is -0.128. The SMILES string of the molecule is CN(C(=O)NC[C@H]1CC[C@@H](C(N)=O)O1)C1CCCCCCC1. The van der Waals surface area contributed by atoms with E-state index in [1.807, 2.05) is 11.9 Å². The maximum atomic E-state index is 12.3. The fourth-order valence-electron chi connectivity index (χ4n) is 3.38. The third-order valence-electron chi connectivity index (χ3n) is 4.85. The molecule has 1 heterocycles. The summed E-state index contributed by atoms with van der Waals surface area (Å²) in [6, 6.07) is 0.292. The van der Waals surface area contributed by atoms with Crippen LogP contribution in [0.25, 0.3) is 0 Å². The first-order chi connectivity index (χ1) is 10.6. The monoisotopic (exact) mass is 311 g/mol. The average Bonchev–Trinajstić information content (AvgIpc) is 2.93. The molecule has 126 valence electrons. The predicted octanol–water partition coefficient (Wildman–Crippen LogP) is 1.77. The van der Waals surface area contributed by atoms with E-state index in [4.69, 9.17) is 10.5 Å². The van der Waals surface area contributed by atoms with Gasteiger partial charge >= 0.3 is 6.03 Å². The van der Waals surface area contributed by atoms with Gasteiger partial charge in [-0.3, -0.25) is 4.79 Å². The van der Waals surface area contributed by atoms with Gasteiger partial charge in [0, 0.05) is 19.6 Å². The second-order valence-electron chi connectivity index (χ2n) is 6.52. The molecule has 6 heteroatoms. The summed E-state index contributed by atoms with van der Waals surface area (Å²) >= 11 is 0. The smallest absolute Gasteiger partial charge is 0.317 e. The number of urea groups is 1. The van der Waals surface area contributed by atoms with Crippen LogP contribution in [-0.2, 0) is 9.53 Å². The van der Waals surface area contributed by atoms with E-state index >= 15 is 0 Å². The van der Waals surface area contributed by atoms with E-state index in [1.165, 1.54) is 32.1 Å². The quantitative estimate of drug-likeness (QED) is 0.830. The second kappa shape index (κ2) is 8.36. The van der Waals surface area contributed by atoms with E-state index in [2.05, 4.69) is 5.32 Å². The molecule has 2 aliphatic rings. The lowest BCUT2D eigenvalue weighted by atomic mass is 9.96. The maximum Gasteiger partial charge on any atom is 0.317 e. The van der Waals surface area contributed by atoms with E-state index < -0.39 is 12.0 Å². The zero-order chi connectivity index (χ0) is 15.9. The van der Waals surface area contributed by atoms with Gasteiger partial charge in [-0.2, -0.15) is 0 Å². The number of hydrogen-bond donors (Lipinski definition) is 2. The first-order valence-corrected chi connectivity index (χ1v) is 8.53. The number of nitrogens with zero attached hydrogens (tertiary/aromatic N) is 1. The van der Waals surface area contributed by atoms with E-state index in [0.29, 0.717) is 19.0 Å². The van der Waals surface area contributed by atoms with Crippen LogP contribution in [0.4, 0.5) is 4.79 Å².